The van der Waals surface area contributed by atoms with E-state index in [4.69, 9.17) is 10.00 Å². The molecule has 0 aliphatic rings. The van der Waals surface area contributed by atoms with Crippen molar-refractivity contribution in [3.63, 3.8) is 0 Å². The zero-order chi connectivity index (χ0) is 14.4. The van der Waals surface area contributed by atoms with Crippen LogP contribution in [0.15, 0.2) is 57.9 Å². The number of nitrogens with zero attached hydrogens (tertiary/aromatic N) is 1. The molecule has 0 aliphatic carbocycles. The van der Waals surface area contributed by atoms with Gasteiger partial charge in [0.25, 0.3) is 0 Å². The van der Waals surface area contributed by atoms with Gasteiger partial charge in [-0.2, -0.15) is 5.26 Å². The highest BCUT2D eigenvalue weighted by Gasteiger charge is 2.07. The maximum atomic E-state index is 12.1. The van der Waals surface area contributed by atoms with Crippen LogP contribution in [-0.2, 0) is 10.8 Å². The summed E-state index contributed by atoms with van der Waals surface area (Å²) in [4.78, 5) is 0.774. The number of halogens is 1. The lowest BCUT2D eigenvalue weighted by molar-refractivity contribution is 0.342. The van der Waals surface area contributed by atoms with Gasteiger partial charge in [0, 0.05) is 4.47 Å². The van der Waals surface area contributed by atoms with Crippen LogP contribution in [0, 0.1) is 11.3 Å². The lowest BCUT2D eigenvalue weighted by Crippen LogP contribution is -2.09. The molecule has 102 valence electrons. The minimum Gasteiger partial charge on any atom is -0.493 e. The molecule has 2 rings (SSSR count). The van der Waals surface area contributed by atoms with E-state index in [1.807, 2.05) is 30.3 Å². The molecule has 5 heteroatoms. The molecule has 3 nitrogen and oxygen atoms in total. The van der Waals surface area contributed by atoms with Crippen molar-refractivity contribution >= 4 is 26.7 Å². The Balaban J connectivity index is 1.88. The van der Waals surface area contributed by atoms with Gasteiger partial charge in [0.05, 0.1) is 33.1 Å². The molecule has 20 heavy (non-hydrogen) atoms. The molecule has 0 heterocycles. The Morgan fingerprint density at radius 3 is 2.50 bits per heavy atom. The molecule has 0 fully saturated rings. The Bertz CT molecular complexity index is 650. The van der Waals surface area contributed by atoms with E-state index in [9.17, 15) is 4.21 Å². The van der Waals surface area contributed by atoms with Crippen LogP contribution in [0.5, 0.6) is 5.75 Å². The van der Waals surface area contributed by atoms with E-state index >= 15 is 0 Å². The van der Waals surface area contributed by atoms with Crippen molar-refractivity contribution in [1.29, 1.82) is 5.26 Å². The summed E-state index contributed by atoms with van der Waals surface area (Å²) in [6.45, 7) is 0.361. The van der Waals surface area contributed by atoms with Gasteiger partial charge in [-0.05, 0) is 52.3 Å². The quantitative estimate of drug-likeness (QED) is 0.829. The van der Waals surface area contributed by atoms with E-state index < -0.39 is 10.8 Å². The number of hydrogen-bond acceptors (Lipinski definition) is 3. The molecule has 0 aliphatic heterocycles. The summed E-state index contributed by atoms with van der Waals surface area (Å²) >= 11 is 3.39. The fourth-order valence-corrected chi connectivity index (χ4v) is 3.40. The first kappa shape index (κ1) is 14.8. The Labute approximate surface area is 128 Å². The third kappa shape index (κ3) is 3.92. The van der Waals surface area contributed by atoms with Crippen molar-refractivity contribution in [1.82, 2.24) is 0 Å². The first-order valence-corrected chi connectivity index (χ1v) is 8.08. The van der Waals surface area contributed by atoms with E-state index in [2.05, 4.69) is 15.9 Å². The van der Waals surface area contributed by atoms with Crippen LogP contribution >= 0.6 is 15.9 Å². The molecule has 0 spiro atoms. The number of nitriles is 1. The molecule has 1 unspecified atom stereocenters. The van der Waals surface area contributed by atoms with E-state index in [1.54, 1.807) is 24.3 Å². The van der Waals surface area contributed by atoms with Crippen LogP contribution in [0.2, 0.25) is 0 Å². The maximum Gasteiger partial charge on any atom is 0.119 e. The average Bonchev–Trinajstić information content (AvgIpc) is 2.48. The summed E-state index contributed by atoms with van der Waals surface area (Å²) in [6.07, 6.45) is 0. The van der Waals surface area contributed by atoms with Gasteiger partial charge in [-0.15, -0.1) is 0 Å². The van der Waals surface area contributed by atoms with Gasteiger partial charge in [0.2, 0.25) is 0 Å². The minimum atomic E-state index is -1.10. The number of benzene rings is 2. The van der Waals surface area contributed by atoms with Crippen molar-refractivity contribution in [3.05, 3.63) is 58.6 Å². The van der Waals surface area contributed by atoms with Crippen LogP contribution in [0.3, 0.4) is 0 Å². The Hall–Kier alpha value is -1.64. The maximum absolute atomic E-state index is 12.1. The highest BCUT2D eigenvalue weighted by Crippen LogP contribution is 2.20. The van der Waals surface area contributed by atoms with Crippen molar-refractivity contribution in [2.75, 3.05) is 12.4 Å². The van der Waals surface area contributed by atoms with Crippen LogP contribution in [0.25, 0.3) is 0 Å². The van der Waals surface area contributed by atoms with Gasteiger partial charge in [-0.1, -0.05) is 12.1 Å². The summed E-state index contributed by atoms with van der Waals surface area (Å²) in [5, 5.41) is 8.69. The summed E-state index contributed by atoms with van der Waals surface area (Å²) in [6, 6.07) is 16.4. The monoisotopic (exact) mass is 349 g/mol. The summed E-state index contributed by atoms with van der Waals surface area (Å²) in [5.74, 6) is 1.09. The van der Waals surface area contributed by atoms with Crippen LogP contribution in [0.4, 0.5) is 0 Å². The number of rotatable bonds is 5. The zero-order valence-electron chi connectivity index (χ0n) is 10.6. The molecule has 2 aromatic rings. The molecule has 1 atom stereocenters. The summed E-state index contributed by atoms with van der Waals surface area (Å²) < 4.78 is 18.5. The molecular weight excluding hydrogens is 338 g/mol. The van der Waals surface area contributed by atoms with Crippen molar-refractivity contribution in [2.45, 2.75) is 4.90 Å². The van der Waals surface area contributed by atoms with Crippen molar-refractivity contribution in [3.8, 4) is 11.8 Å². The first-order chi connectivity index (χ1) is 9.70. The molecule has 0 N–H and O–H groups in total. The standard InChI is InChI=1S/C15H12BrNO2S/c16-14-3-1-2-4-15(14)20(18)10-9-19-13-7-5-12(11-17)6-8-13/h1-8H,9-10H2. The van der Waals surface area contributed by atoms with Gasteiger partial charge < -0.3 is 4.74 Å². The second kappa shape index (κ2) is 7.22. The summed E-state index contributed by atoms with van der Waals surface area (Å²) in [5.41, 5.74) is 0.592. The molecule has 0 saturated carbocycles. The van der Waals surface area contributed by atoms with Gasteiger partial charge in [0.1, 0.15) is 12.4 Å². The smallest absolute Gasteiger partial charge is 0.119 e. The predicted octanol–water partition coefficient (Wildman–Crippen LogP) is 3.51. The Kier molecular flexibility index (Phi) is 5.33. The highest BCUT2D eigenvalue weighted by molar-refractivity contribution is 9.10. The second-order valence-electron chi connectivity index (χ2n) is 3.96. The fraction of sp³-hybridized carbons (Fsp3) is 0.133. The van der Waals surface area contributed by atoms with Crippen LogP contribution in [-0.4, -0.2) is 16.6 Å². The first-order valence-electron chi connectivity index (χ1n) is 5.96. The number of hydrogen-bond donors (Lipinski definition) is 0. The molecular formula is C15H12BrNO2S. The topological polar surface area (TPSA) is 50.1 Å². The van der Waals surface area contributed by atoms with E-state index in [0.717, 1.165) is 9.37 Å². The molecule has 0 saturated heterocycles. The molecule has 0 bridgehead atoms. The fourth-order valence-electron chi connectivity index (χ4n) is 1.60. The van der Waals surface area contributed by atoms with Gasteiger partial charge >= 0.3 is 0 Å². The number of ether oxygens (including phenoxy) is 1. The van der Waals surface area contributed by atoms with Gasteiger partial charge in [0.15, 0.2) is 0 Å². The Morgan fingerprint density at radius 2 is 1.85 bits per heavy atom. The molecule has 0 radical (unpaired) electrons. The Morgan fingerprint density at radius 1 is 1.15 bits per heavy atom. The third-order valence-corrected chi connectivity index (χ3v) is 4.94. The van der Waals surface area contributed by atoms with Crippen LogP contribution in [0.1, 0.15) is 5.56 Å². The average molecular weight is 350 g/mol. The summed E-state index contributed by atoms with van der Waals surface area (Å²) in [7, 11) is -1.10. The molecule has 2 aromatic carbocycles. The SMILES string of the molecule is N#Cc1ccc(OCCS(=O)c2ccccc2Br)cc1. The van der Waals surface area contributed by atoms with Crippen molar-refractivity contribution in [2.24, 2.45) is 0 Å². The van der Waals surface area contributed by atoms with Crippen LogP contribution < -0.4 is 4.74 Å². The van der Waals surface area contributed by atoms with E-state index in [1.165, 1.54) is 0 Å². The third-order valence-electron chi connectivity index (χ3n) is 2.60. The van der Waals surface area contributed by atoms with Crippen molar-refractivity contribution < 1.29 is 8.95 Å². The molecule has 0 amide bonds. The van der Waals surface area contributed by atoms with E-state index in [0.29, 0.717) is 23.7 Å². The highest BCUT2D eigenvalue weighted by atomic mass is 79.9. The van der Waals surface area contributed by atoms with Gasteiger partial charge in [-0.25, -0.2) is 0 Å². The second-order valence-corrected chi connectivity index (χ2v) is 6.36. The predicted molar refractivity (Wildman–Crippen MR) is 82.1 cm³/mol. The minimum absolute atomic E-state index is 0.361. The lowest BCUT2D eigenvalue weighted by atomic mass is 10.2. The van der Waals surface area contributed by atoms with Gasteiger partial charge in [-0.3, -0.25) is 4.21 Å². The van der Waals surface area contributed by atoms with E-state index in [-0.39, 0.29) is 0 Å². The normalized spacial score (nSPS) is 11.6. The zero-order valence-corrected chi connectivity index (χ0v) is 13.0. The largest absolute Gasteiger partial charge is 0.493 e. The molecule has 0 aromatic heterocycles. The lowest BCUT2D eigenvalue weighted by Gasteiger charge is -2.07.